The molecule has 0 radical (unpaired) electrons. The van der Waals surface area contributed by atoms with E-state index in [0.717, 1.165) is 19.5 Å². The van der Waals surface area contributed by atoms with Crippen LogP contribution >= 0.6 is 11.6 Å². The van der Waals surface area contributed by atoms with E-state index in [9.17, 15) is 13.2 Å². The summed E-state index contributed by atoms with van der Waals surface area (Å²) < 4.78 is 26.0. The summed E-state index contributed by atoms with van der Waals surface area (Å²) in [5.74, 6) is -0.357. The number of piperidine rings is 1. The summed E-state index contributed by atoms with van der Waals surface area (Å²) in [4.78, 5) is 14.8. The van der Waals surface area contributed by atoms with Crippen molar-refractivity contribution < 1.29 is 13.2 Å². The Morgan fingerprint density at radius 2 is 2.12 bits per heavy atom. The monoisotopic (exact) mass is 387 g/mol. The number of amides is 1. The van der Waals surface area contributed by atoms with Crippen molar-refractivity contribution in [3.05, 3.63) is 28.8 Å². The van der Waals surface area contributed by atoms with E-state index in [1.807, 2.05) is 0 Å². The highest BCUT2D eigenvalue weighted by Crippen LogP contribution is 2.20. The molecule has 0 spiro atoms. The van der Waals surface area contributed by atoms with Crippen molar-refractivity contribution in [3.8, 4) is 0 Å². The summed E-state index contributed by atoms with van der Waals surface area (Å²) >= 11 is 6.05. The predicted octanol–water partition coefficient (Wildman–Crippen LogP) is 2.24. The molecule has 140 valence electrons. The molecule has 0 aromatic heterocycles. The van der Waals surface area contributed by atoms with Gasteiger partial charge in [0.05, 0.1) is 15.5 Å². The van der Waals surface area contributed by atoms with Gasteiger partial charge in [0.1, 0.15) is 0 Å². The van der Waals surface area contributed by atoms with Crippen molar-refractivity contribution in [1.82, 2.24) is 14.9 Å². The highest BCUT2D eigenvalue weighted by Gasteiger charge is 2.19. The molecule has 1 aliphatic heterocycles. The molecule has 1 heterocycles. The first-order valence-electron chi connectivity index (χ1n) is 8.60. The van der Waals surface area contributed by atoms with Crippen LogP contribution in [0.4, 0.5) is 0 Å². The Labute approximate surface area is 155 Å². The first-order chi connectivity index (χ1) is 11.8. The maximum absolute atomic E-state index is 12.3. The Morgan fingerprint density at radius 1 is 1.36 bits per heavy atom. The predicted molar refractivity (Wildman–Crippen MR) is 99.5 cm³/mol. The topological polar surface area (TPSA) is 78.5 Å². The van der Waals surface area contributed by atoms with E-state index in [-0.39, 0.29) is 21.4 Å². The van der Waals surface area contributed by atoms with Crippen LogP contribution in [0.1, 0.15) is 43.0 Å². The zero-order valence-electron chi connectivity index (χ0n) is 14.7. The third-order valence-corrected chi connectivity index (χ3v) is 6.35. The zero-order chi connectivity index (χ0) is 18.4. The molecular weight excluding hydrogens is 362 g/mol. The number of nitrogens with one attached hydrogen (secondary N) is 2. The molecule has 0 unspecified atom stereocenters. The number of nitrogens with zero attached hydrogens (tertiary/aromatic N) is 1. The number of sulfonamides is 1. The van der Waals surface area contributed by atoms with E-state index >= 15 is 0 Å². The summed E-state index contributed by atoms with van der Waals surface area (Å²) in [5.41, 5.74) is 0.171. The second-order valence-electron chi connectivity index (χ2n) is 6.34. The summed E-state index contributed by atoms with van der Waals surface area (Å²) in [6.07, 6.45) is 4.61. The molecule has 0 saturated carbocycles. The molecule has 1 aromatic carbocycles. The summed E-state index contributed by atoms with van der Waals surface area (Å²) in [5, 5.41) is 3.06. The van der Waals surface area contributed by atoms with Crippen LogP contribution in [0.3, 0.4) is 0 Å². The SMILES string of the molecule is CNS(=O)(=O)c1ccc(Cl)c(C(=O)NCCCN2CCCC[C@H]2C)c1. The Hall–Kier alpha value is -1.15. The van der Waals surface area contributed by atoms with Gasteiger partial charge in [0.25, 0.3) is 5.91 Å². The highest BCUT2D eigenvalue weighted by atomic mass is 35.5. The van der Waals surface area contributed by atoms with Gasteiger partial charge in [-0.3, -0.25) is 4.79 Å². The van der Waals surface area contributed by atoms with Gasteiger partial charge in [0.2, 0.25) is 10.0 Å². The minimum absolute atomic E-state index is 0.0201. The van der Waals surface area contributed by atoms with Gasteiger partial charge in [-0.1, -0.05) is 18.0 Å². The average molecular weight is 388 g/mol. The van der Waals surface area contributed by atoms with Crippen molar-refractivity contribution in [2.75, 3.05) is 26.7 Å². The minimum atomic E-state index is -3.61. The van der Waals surface area contributed by atoms with Crippen LogP contribution in [-0.4, -0.2) is 51.9 Å². The Balaban J connectivity index is 1.91. The molecule has 1 atom stereocenters. The summed E-state index contributed by atoms with van der Waals surface area (Å²) in [7, 11) is -2.29. The van der Waals surface area contributed by atoms with E-state index in [0.29, 0.717) is 12.6 Å². The van der Waals surface area contributed by atoms with Crippen molar-refractivity contribution in [2.45, 2.75) is 43.5 Å². The van der Waals surface area contributed by atoms with Crippen LogP contribution in [-0.2, 0) is 10.0 Å². The molecule has 1 fully saturated rings. The molecule has 0 bridgehead atoms. The van der Waals surface area contributed by atoms with E-state index in [4.69, 9.17) is 11.6 Å². The fraction of sp³-hybridized carbons (Fsp3) is 0.588. The van der Waals surface area contributed by atoms with Crippen LogP contribution in [0, 0.1) is 0 Å². The minimum Gasteiger partial charge on any atom is -0.352 e. The summed E-state index contributed by atoms with van der Waals surface area (Å²) in [6, 6.07) is 4.71. The lowest BCUT2D eigenvalue weighted by Crippen LogP contribution is -2.39. The fourth-order valence-electron chi connectivity index (χ4n) is 3.03. The van der Waals surface area contributed by atoms with E-state index in [1.54, 1.807) is 0 Å². The normalized spacial score (nSPS) is 18.9. The summed E-state index contributed by atoms with van der Waals surface area (Å²) in [6.45, 7) is 4.83. The number of carbonyl (C=O) groups is 1. The van der Waals surface area contributed by atoms with Crippen LogP contribution < -0.4 is 10.0 Å². The van der Waals surface area contributed by atoms with Crippen LogP contribution in [0.5, 0.6) is 0 Å². The quantitative estimate of drug-likeness (QED) is 0.703. The molecule has 1 aromatic rings. The third kappa shape index (κ3) is 5.41. The molecule has 1 saturated heterocycles. The third-order valence-electron chi connectivity index (χ3n) is 4.61. The van der Waals surface area contributed by atoms with Gasteiger partial charge in [-0.15, -0.1) is 0 Å². The zero-order valence-corrected chi connectivity index (χ0v) is 16.3. The van der Waals surface area contributed by atoms with Gasteiger partial charge in [-0.25, -0.2) is 13.1 Å². The first-order valence-corrected chi connectivity index (χ1v) is 10.5. The van der Waals surface area contributed by atoms with Gasteiger partial charge >= 0.3 is 0 Å². The van der Waals surface area contributed by atoms with Crippen molar-refractivity contribution in [1.29, 1.82) is 0 Å². The Morgan fingerprint density at radius 3 is 2.80 bits per heavy atom. The Bertz CT molecular complexity index is 709. The fourth-order valence-corrected chi connectivity index (χ4v) is 3.99. The molecule has 8 heteroatoms. The number of likely N-dealkylation sites (tertiary alicyclic amines) is 1. The number of halogens is 1. The number of carbonyl (C=O) groups excluding carboxylic acids is 1. The second kappa shape index (κ2) is 8.98. The van der Waals surface area contributed by atoms with Gasteiger partial charge in [-0.05, 0) is 58.0 Å². The lowest BCUT2D eigenvalue weighted by atomic mass is 10.0. The molecule has 0 aliphatic carbocycles. The van der Waals surface area contributed by atoms with Crippen molar-refractivity contribution in [3.63, 3.8) is 0 Å². The van der Waals surface area contributed by atoms with Crippen LogP contribution in [0.25, 0.3) is 0 Å². The molecule has 2 N–H and O–H groups in total. The van der Waals surface area contributed by atoms with Crippen LogP contribution in [0.2, 0.25) is 5.02 Å². The second-order valence-corrected chi connectivity index (χ2v) is 8.63. The highest BCUT2D eigenvalue weighted by molar-refractivity contribution is 7.89. The van der Waals surface area contributed by atoms with Gasteiger partial charge in [0.15, 0.2) is 0 Å². The van der Waals surface area contributed by atoms with Gasteiger partial charge in [-0.2, -0.15) is 0 Å². The number of rotatable bonds is 7. The lowest BCUT2D eigenvalue weighted by Gasteiger charge is -2.33. The van der Waals surface area contributed by atoms with E-state index in [2.05, 4.69) is 21.9 Å². The number of hydrogen-bond donors (Lipinski definition) is 2. The molecule has 6 nitrogen and oxygen atoms in total. The molecule has 1 aliphatic rings. The van der Waals surface area contributed by atoms with Gasteiger partial charge in [0, 0.05) is 19.1 Å². The van der Waals surface area contributed by atoms with Gasteiger partial charge < -0.3 is 10.2 Å². The van der Waals surface area contributed by atoms with Crippen molar-refractivity contribution >= 4 is 27.5 Å². The largest absolute Gasteiger partial charge is 0.352 e. The lowest BCUT2D eigenvalue weighted by molar-refractivity contribution is 0.0949. The van der Waals surface area contributed by atoms with E-state index < -0.39 is 10.0 Å². The molecule has 1 amide bonds. The average Bonchev–Trinajstić information content (AvgIpc) is 2.60. The maximum Gasteiger partial charge on any atom is 0.252 e. The Kier molecular flexibility index (Phi) is 7.25. The maximum atomic E-state index is 12.3. The van der Waals surface area contributed by atoms with Crippen molar-refractivity contribution in [2.24, 2.45) is 0 Å². The molecule has 25 heavy (non-hydrogen) atoms. The smallest absolute Gasteiger partial charge is 0.252 e. The van der Waals surface area contributed by atoms with Crippen LogP contribution in [0.15, 0.2) is 23.1 Å². The number of benzene rings is 1. The molecule has 2 rings (SSSR count). The molecular formula is C17H26ClN3O3S. The van der Waals surface area contributed by atoms with E-state index in [1.165, 1.54) is 44.5 Å². The first kappa shape index (κ1) is 20.2. The standard InChI is InChI=1S/C17H26ClN3O3S/c1-13-6-3-4-10-21(13)11-5-9-20-17(22)15-12-14(7-8-16(15)18)25(23,24)19-2/h7-8,12-13,19H,3-6,9-11H2,1-2H3,(H,20,22)/t13-/m1/s1. The number of hydrogen-bond acceptors (Lipinski definition) is 4.